The van der Waals surface area contributed by atoms with Crippen LogP contribution in [0.3, 0.4) is 0 Å². The fourth-order valence-electron chi connectivity index (χ4n) is 3.10. The molecule has 8 nitrogen and oxygen atoms in total. The lowest BCUT2D eigenvalue weighted by atomic mass is 10.1. The van der Waals surface area contributed by atoms with E-state index in [0.29, 0.717) is 34.9 Å². The van der Waals surface area contributed by atoms with Gasteiger partial charge in [0.1, 0.15) is 5.82 Å². The normalized spacial score (nSPS) is 10.7. The second-order valence-electron chi connectivity index (χ2n) is 6.24. The standard InChI is InChI=1S/C21H19N5O3/c1-28-18-5-3-4-15(20(18)29-2)13-26-19(8-9-24-26)25-21(27)14-6-7-16-17(12-14)23-11-10-22-16/h3-12H,13H2,1-2H3,(H,25,27). The van der Waals surface area contributed by atoms with E-state index in [4.69, 9.17) is 9.47 Å². The van der Waals surface area contributed by atoms with Gasteiger partial charge in [-0.05, 0) is 24.3 Å². The summed E-state index contributed by atoms with van der Waals surface area (Å²) in [6.45, 7) is 0.409. The zero-order valence-corrected chi connectivity index (χ0v) is 16.0. The molecule has 0 unspecified atom stereocenters. The molecule has 0 saturated carbocycles. The van der Waals surface area contributed by atoms with Crippen molar-refractivity contribution in [3.8, 4) is 11.5 Å². The van der Waals surface area contributed by atoms with Crippen molar-refractivity contribution in [2.45, 2.75) is 6.54 Å². The number of carbonyl (C=O) groups is 1. The summed E-state index contributed by atoms with van der Waals surface area (Å²) in [6, 6.07) is 12.6. The lowest BCUT2D eigenvalue weighted by molar-refractivity contribution is 0.102. The van der Waals surface area contributed by atoms with Gasteiger partial charge in [0, 0.05) is 29.6 Å². The van der Waals surface area contributed by atoms with Gasteiger partial charge in [0.25, 0.3) is 5.91 Å². The molecule has 1 N–H and O–H groups in total. The average Bonchev–Trinajstić information content (AvgIpc) is 3.19. The van der Waals surface area contributed by atoms with E-state index in [1.54, 1.807) is 61.8 Å². The Morgan fingerprint density at radius 1 is 1.00 bits per heavy atom. The van der Waals surface area contributed by atoms with Gasteiger partial charge in [0.15, 0.2) is 11.5 Å². The molecule has 146 valence electrons. The molecular weight excluding hydrogens is 370 g/mol. The number of ether oxygens (including phenoxy) is 2. The predicted molar refractivity (Wildman–Crippen MR) is 108 cm³/mol. The number of nitrogens with zero attached hydrogens (tertiary/aromatic N) is 4. The van der Waals surface area contributed by atoms with Gasteiger partial charge in [-0.3, -0.25) is 14.8 Å². The third-order valence-corrected chi connectivity index (χ3v) is 4.49. The molecular formula is C21H19N5O3. The maximum absolute atomic E-state index is 12.7. The summed E-state index contributed by atoms with van der Waals surface area (Å²) in [5.74, 6) is 1.59. The number of carbonyl (C=O) groups excluding carboxylic acids is 1. The molecule has 0 aliphatic carbocycles. The van der Waals surface area contributed by atoms with Crippen molar-refractivity contribution in [2.24, 2.45) is 0 Å². The second kappa shape index (κ2) is 7.97. The van der Waals surface area contributed by atoms with Crippen LogP contribution in [0.15, 0.2) is 61.1 Å². The van der Waals surface area contributed by atoms with Crippen LogP contribution in [0.2, 0.25) is 0 Å². The van der Waals surface area contributed by atoms with Crippen molar-refractivity contribution in [1.82, 2.24) is 19.7 Å². The monoisotopic (exact) mass is 389 g/mol. The summed E-state index contributed by atoms with van der Waals surface area (Å²) < 4.78 is 12.5. The molecule has 0 spiro atoms. The first-order chi connectivity index (χ1) is 14.2. The minimum atomic E-state index is -0.253. The maximum Gasteiger partial charge on any atom is 0.256 e. The van der Waals surface area contributed by atoms with E-state index in [9.17, 15) is 4.79 Å². The number of benzene rings is 2. The zero-order chi connectivity index (χ0) is 20.2. The molecule has 0 fully saturated rings. The lowest BCUT2D eigenvalue weighted by Crippen LogP contribution is -2.16. The van der Waals surface area contributed by atoms with Crippen molar-refractivity contribution >= 4 is 22.8 Å². The van der Waals surface area contributed by atoms with Gasteiger partial charge in [-0.15, -0.1) is 0 Å². The highest BCUT2D eigenvalue weighted by molar-refractivity contribution is 6.05. The lowest BCUT2D eigenvalue weighted by Gasteiger charge is -2.14. The molecule has 4 aromatic rings. The van der Waals surface area contributed by atoms with Gasteiger partial charge >= 0.3 is 0 Å². The fourth-order valence-corrected chi connectivity index (χ4v) is 3.10. The third-order valence-electron chi connectivity index (χ3n) is 4.49. The third kappa shape index (κ3) is 3.73. The van der Waals surface area contributed by atoms with Crippen LogP contribution in [0.25, 0.3) is 11.0 Å². The van der Waals surface area contributed by atoms with Crippen molar-refractivity contribution in [3.05, 3.63) is 72.2 Å². The number of rotatable bonds is 6. The van der Waals surface area contributed by atoms with Crippen molar-refractivity contribution in [2.75, 3.05) is 19.5 Å². The number of amides is 1. The van der Waals surface area contributed by atoms with E-state index >= 15 is 0 Å². The van der Waals surface area contributed by atoms with E-state index in [1.165, 1.54) is 0 Å². The highest BCUT2D eigenvalue weighted by atomic mass is 16.5. The SMILES string of the molecule is COc1cccc(Cn2nccc2NC(=O)c2ccc3nccnc3c2)c1OC. The number of fused-ring (bicyclic) bond motifs is 1. The first-order valence-electron chi connectivity index (χ1n) is 8.93. The molecule has 2 aromatic carbocycles. The molecule has 0 aliphatic heterocycles. The van der Waals surface area contributed by atoms with E-state index in [0.717, 1.165) is 11.1 Å². The Morgan fingerprint density at radius 3 is 2.62 bits per heavy atom. The molecule has 2 heterocycles. The van der Waals surface area contributed by atoms with Crippen molar-refractivity contribution < 1.29 is 14.3 Å². The molecule has 1 amide bonds. The summed E-state index contributed by atoms with van der Waals surface area (Å²) >= 11 is 0. The zero-order valence-electron chi connectivity index (χ0n) is 16.0. The second-order valence-corrected chi connectivity index (χ2v) is 6.24. The summed E-state index contributed by atoms with van der Waals surface area (Å²) in [6.07, 6.45) is 4.85. The molecule has 0 bridgehead atoms. The van der Waals surface area contributed by atoms with Crippen LogP contribution >= 0.6 is 0 Å². The molecule has 8 heteroatoms. The Hall–Kier alpha value is -3.94. The number of methoxy groups -OCH3 is 2. The van der Waals surface area contributed by atoms with Gasteiger partial charge in [-0.2, -0.15) is 5.10 Å². The minimum absolute atomic E-state index is 0.253. The number of nitrogens with one attached hydrogen (secondary N) is 1. The van der Waals surface area contributed by atoms with Crippen LogP contribution in [0, 0.1) is 0 Å². The average molecular weight is 389 g/mol. The first kappa shape index (κ1) is 18.4. The van der Waals surface area contributed by atoms with Crippen LogP contribution in [-0.2, 0) is 6.54 Å². The maximum atomic E-state index is 12.7. The minimum Gasteiger partial charge on any atom is -0.493 e. The van der Waals surface area contributed by atoms with Crippen LogP contribution in [0.4, 0.5) is 5.82 Å². The predicted octanol–water partition coefficient (Wildman–Crippen LogP) is 3.14. The van der Waals surface area contributed by atoms with Gasteiger partial charge in [0.2, 0.25) is 0 Å². The van der Waals surface area contributed by atoms with E-state index in [-0.39, 0.29) is 5.91 Å². The van der Waals surface area contributed by atoms with E-state index < -0.39 is 0 Å². The summed E-state index contributed by atoms with van der Waals surface area (Å²) in [5, 5.41) is 7.22. The highest BCUT2D eigenvalue weighted by Crippen LogP contribution is 2.31. The van der Waals surface area contributed by atoms with Crippen molar-refractivity contribution in [3.63, 3.8) is 0 Å². The van der Waals surface area contributed by atoms with Gasteiger partial charge in [-0.1, -0.05) is 12.1 Å². The molecule has 29 heavy (non-hydrogen) atoms. The number of para-hydroxylation sites is 1. The summed E-state index contributed by atoms with van der Waals surface area (Å²) in [7, 11) is 3.19. The van der Waals surface area contributed by atoms with Crippen molar-refractivity contribution in [1.29, 1.82) is 0 Å². The van der Waals surface area contributed by atoms with Gasteiger partial charge < -0.3 is 14.8 Å². The fraction of sp³-hybridized carbons (Fsp3) is 0.143. The number of hydrogen-bond donors (Lipinski definition) is 1. The Labute approximate surface area is 167 Å². The Balaban J connectivity index is 1.57. The van der Waals surface area contributed by atoms with Crippen LogP contribution in [0.5, 0.6) is 11.5 Å². The molecule has 2 aromatic heterocycles. The molecule has 0 saturated heterocycles. The number of hydrogen-bond acceptors (Lipinski definition) is 6. The summed E-state index contributed by atoms with van der Waals surface area (Å²) in [4.78, 5) is 21.2. The first-order valence-corrected chi connectivity index (χ1v) is 8.93. The van der Waals surface area contributed by atoms with Crippen LogP contribution < -0.4 is 14.8 Å². The van der Waals surface area contributed by atoms with Crippen LogP contribution in [-0.4, -0.2) is 39.9 Å². The molecule has 0 atom stereocenters. The highest BCUT2D eigenvalue weighted by Gasteiger charge is 2.14. The quantitative estimate of drug-likeness (QED) is 0.545. The Bertz CT molecular complexity index is 1170. The Morgan fingerprint density at radius 2 is 1.83 bits per heavy atom. The van der Waals surface area contributed by atoms with Crippen LogP contribution in [0.1, 0.15) is 15.9 Å². The van der Waals surface area contributed by atoms with Gasteiger partial charge in [0.05, 0.1) is 38.0 Å². The largest absolute Gasteiger partial charge is 0.493 e. The topological polar surface area (TPSA) is 91.2 Å². The number of aromatic nitrogens is 4. The van der Waals surface area contributed by atoms with E-state index in [1.807, 2.05) is 18.2 Å². The van der Waals surface area contributed by atoms with Gasteiger partial charge in [-0.25, -0.2) is 4.68 Å². The Kier molecular flexibility index (Phi) is 5.07. The smallest absolute Gasteiger partial charge is 0.256 e. The van der Waals surface area contributed by atoms with E-state index in [2.05, 4.69) is 20.4 Å². The summed E-state index contributed by atoms with van der Waals surface area (Å²) in [5.41, 5.74) is 2.77. The molecule has 0 radical (unpaired) electrons. The number of anilines is 1. The molecule has 0 aliphatic rings. The molecule has 4 rings (SSSR count).